The highest BCUT2D eigenvalue weighted by Gasteiger charge is 2.36. The highest BCUT2D eigenvalue weighted by Crippen LogP contribution is 2.42. The number of benzene rings is 3. The van der Waals surface area contributed by atoms with Crippen molar-refractivity contribution in [2.24, 2.45) is 5.92 Å². The third kappa shape index (κ3) is 5.71. The van der Waals surface area contributed by atoms with Gasteiger partial charge in [-0.25, -0.2) is 0 Å². The fourth-order valence-corrected chi connectivity index (χ4v) is 4.18. The molecule has 0 spiro atoms. The molecule has 36 heavy (non-hydrogen) atoms. The Morgan fingerprint density at radius 1 is 0.917 bits per heavy atom. The summed E-state index contributed by atoms with van der Waals surface area (Å²) in [5, 5.41) is 2.96. The number of carbonyl (C=O) groups excluding carboxylic acids is 2. The molecule has 1 aliphatic rings. The Labute approximate surface area is 210 Å². The first-order chi connectivity index (χ1) is 17.5. The van der Waals surface area contributed by atoms with Crippen molar-refractivity contribution < 1.29 is 28.5 Å². The van der Waals surface area contributed by atoms with Crippen LogP contribution in [0.3, 0.4) is 0 Å². The largest absolute Gasteiger partial charge is 0.493 e. The number of hydrogen-bond acceptors (Lipinski definition) is 6. The van der Waals surface area contributed by atoms with Crippen LogP contribution >= 0.6 is 0 Å². The van der Waals surface area contributed by atoms with Crippen LogP contribution in [-0.2, 0) is 22.7 Å². The summed E-state index contributed by atoms with van der Waals surface area (Å²) >= 11 is 0. The Hall–Kier alpha value is -4.20. The van der Waals surface area contributed by atoms with Crippen LogP contribution < -0.4 is 29.2 Å². The van der Waals surface area contributed by atoms with Crippen molar-refractivity contribution in [1.82, 2.24) is 5.32 Å². The summed E-state index contributed by atoms with van der Waals surface area (Å²) in [4.78, 5) is 27.2. The second-order valence-corrected chi connectivity index (χ2v) is 8.43. The lowest BCUT2D eigenvalue weighted by Gasteiger charge is -2.20. The summed E-state index contributed by atoms with van der Waals surface area (Å²) in [5.74, 6) is 1.29. The van der Waals surface area contributed by atoms with Gasteiger partial charge in [0, 0.05) is 31.6 Å². The van der Waals surface area contributed by atoms with Crippen LogP contribution in [0.25, 0.3) is 0 Å². The van der Waals surface area contributed by atoms with Crippen molar-refractivity contribution in [2.75, 3.05) is 32.8 Å². The van der Waals surface area contributed by atoms with Gasteiger partial charge in [0.2, 0.25) is 17.6 Å². The lowest BCUT2D eigenvalue weighted by atomic mass is 10.1. The van der Waals surface area contributed by atoms with E-state index in [1.165, 1.54) is 21.3 Å². The minimum Gasteiger partial charge on any atom is -0.493 e. The molecule has 0 aromatic heterocycles. The van der Waals surface area contributed by atoms with E-state index in [0.29, 0.717) is 36.1 Å². The molecule has 188 valence electrons. The van der Waals surface area contributed by atoms with Gasteiger partial charge in [-0.2, -0.15) is 0 Å². The maximum absolute atomic E-state index is 12.9. The van der Waals surface area contributed by atoms with E-state index in [1.807, 2.05) is 54.6 Å². The first-order valence-corrected chi connectivity index (χ1v) is 11.7. The number of ether oxygens (including phenoxy) is 4. The van der Waals surface area contributed by atoms with Gasteiger partial charge < -0.3 is 29.2 Å². The van der Waals surface area contributed by atoms with Crippen LogP contribution in [0.5, 0.6) is 23.0 Å². The molecule has 1 N–H and O–H groups in total. The van der Waals surface area contributed by atoms with Crippen molar-refractivity contribution >= 4 is 17.5 Å². The second-order valence-electron chi connectivity index (χ2n) is 8.43. The Kier molecular flexibility index (Phi) is 7.95. The van der Waals surface area contributed by atoms with Crippen LogP contribution in [0, 0.1) is 5.92 Å². The summed E-state index contributed by atoms with van der Waals surface area (Å²) < 4.78 is 22.0. The highest BCUT2D eigenvalue weighted by atomic mass is 16.5. The van der Waals surface area contributed by atoms with Crippen molar-refractivity contribution in [3.63, 3.8) is 0 Å². The van der Waals surface area contributed by atoms with Gasteiger partial charge in [0.15, 0.2) is 11.5 Å². The number of anilines is 1. The fourth-order valence-electron chi connectivity index (χ4n) is 4.18. The Morgan fingerprint density at radius 2 is 1.61 bits per heavy atom. The molecule has 0 radical (unpaired) electrons. The molecule has 1 aliphatic heterocycles. The van der Waals surface area contributed by atoms with Crippen molar-refractivity contribution in [3.8, 4) is 23.0 Å². The summed E-state index contributed by atoms with van der Waals surface area (Å²) in [7, 11) is 4.56. The van der Waals surface area contributed by atoms with Crippen molar-refractivity contribution in [1.29, 1.82) is 0 Å². The van der Waals surface area contributed by atoms with Crippen LogP contribution in [0.15, 0.2) is 66.7 Å². The van der Waals surface area contributed by atoms with Gasteiger partial charge in [0.05, 0.1) is 32.9 Å². The molecule has 3 aromatic carbocycles. The van der Waals surface area contributed by atoms with E-state index in [9.17, 15) is 9.59 Å². The van der Waals surface area contributed by atoms with Crippen LogP contribution in [0.4, 0.5) is 5.69 Å². The molecule has 0 bridgehead atoms. The zero-order valence-corrected chi connectivity index (χ0v) is 20.7. The molecule has 3 aromatic rings. The molecule has 8 nitrogen and oxygen atoms in total. The molecule has 1 fully saturated rings. The molecular weight excluding hydrogens is 460 g/mol. The third-order valence-electron chi connectivity index (χ3n) is 6.07. The smallest absolute Gasteiger partial charge is 0.227 e. The van der Waals surface area contributed by atoms with E-state index in [2.05, 4.69) is 5.32 Å². The molecule has 1 heterocycles. The second kappa shape index (κ2) is 11.5. The van der Waals surface area contributed by atoms with E-state index >= 15 is 0 Å². The molecule has 2 amide bonds. The molecule has 1 atom stereocenters. The number of nitrogens with one attached hydrogen (secondary N) is 1. The molecule has 4 rings (SSSR count). The summed E-state index contributed by atoms with van der Waals surface area (Å²) in [6, 6.07) is 21.0. The van der Waals surface area contributed by atoms with Crippen LogP contribution in [0.2, 0.25) is 0 Å². The quantitative estimate of drug-likeness (QED) is 0.463. The molecule has 8 heteroatoms. The maximum Gasteiger partial charge on any atom is 0.227 e. The number of amides is 2. The summed E-state index contributed by atoms with van der Waals surface area (Å²) in [5.41, 5.74) is 2.59. The van der Waals surface area contributed by atoms with E-state index < -0.39 is 5.92 Å². The zero-order chi connectivity index (χ0) is 25.5. The van der Waals surface area contributed by atoms with E-state index in [-0.39, 0.29) is 24.8 Å². The van der Waals surface area contributed by atoms with Gasteiger partial charge >= 0.3 is 0 Å². The minimum atomic E-state index is -0.464. The van der Waals surface area contributed by atoms with E-state index in [0.717, 1.165) is 16.9 Å². The van der Waals surface area contributed by atoms with E-state index in [1.54, 1.807) is 17.0 Å². The first kappa shape index (κ1) is 24.9. The fraction of sp³-hybridized carbons (Fsp3) is 0.286. The number of hydrogen-bond donors (Lipinski definition) is 1. The monoisotopic (exact) mass is 490 g/mol. The topological polar surface area (TPSA) is 86.3 Å². The van der Waals surface area contributed by atoms with Gasteiger partial charge in [-0.15, -0.1) is 0 Å². The van der Waals surface area contributed by atoms with Crippen molar-refractivity contribution in [2.45, 2.75) is 19.6 Å². The Balaban J connectivity index is 1.36. The predicted molar refractivity (Wildman–Crippen MR) is 136 cm³/mol. The number of rotatable bonds is 10. The van der Waals surface area contributed by atoms with Gasteiger partial charge in [-0.3, -0.25) is 9.59 Å². The van der Waals surface area contributed by atoms with Gasteiger partial charge in [0.1, 0.15) is 12.4 Å². The third-order valence-corrected chi connectivity index (χ3v) is 6.07. The number of nitrogens with zero attached hydrogens (tertiary/aromatic N) is 1. The molecular formula is C28H30N2O6. The average molecular weight is 491 g/mol. The van der Waals surface area contributed by atoms with Gasteiger partial charge in [0.25, 0.3) is 0 Å². The lowest BCUT2D eigenvalue weighted by molar-refractivity contribution is -0.126. The highest BCUT2D eigenvalue weighted by molar-refractivity contribution is 6.00. The first-order valence-electron chi connectivity index (χ1n) is 11.7. The molecule has 0 saturated carbocycles. The van der Waals surface area contributed by atoms with Crippen LogP contribution in [0.1, 0.15) is 17.5 Å². The Bertz CT molecular complexity index is 1190. The standard InChI is InChI=1S/C28H30N2O6/c1-33-24-14-22(15-25(34-2)27(24)35-3)30-17-21(13-26(30)31)28(32)29-16-20-10-7-11-23(12-20)36-18-19-8-5-4-6-9-19/h4-12,14-15,21H,13,16-18H2,1-3H3,(H,29,32). The SMILES string of the molecule is COc1cc(N2CC(C(=O)NCc3cccc(OCc4ccccc4)c3)CC2=O)cc(OC)c1OC. The average Bonchev–Trinajstić information content (AvgIpc) is 3.32. The van der Waals surface area contributed by atoms with Gasteiger partial charge in [-0.05, 0) is 23.3 Å². The zero-order valence-electron chi connectivity index (χ0n) is 20.7. The Morgan fingerprint density at radius 3 is 2.28 bits per heavy atom. The summed E-state index contributed by atoms with van der Waals surface area (Å²) in [6.07, 6.45) is 0.128. The van der Waals surface area contributed by atoms with Crippen molar-refractivity contribution in [3.05, 3.63) is 77.9 Å². The van der Waals surface area contributed by atoms with Gasteiger partial charge in [-0.1, -0.05) is 42.5 Å². The lowest BCUT2D eigenvalue weighted by Crippen LogP contribution is -2.32. The number of carbonyl (C=O) groups is 2. The summed E-state index contributed by atoms with van der Waals surface area (Å²) in [6.45, 7) is 1.08. The normalized spacial score (nSPS) is 14.9. The molecule has 1 unspecified atom stereocenters. The predicted octanol–water partition coefficient (Wildman–Crippen LogP) is 3.96. The minimum absolute atomic E-state index is 0.128. The van der Waals surface area contributed by atoms with E-state index in [4.69, 9.17) is 18.9 Å². The maximum atomic E-state index is 12.9. The molecule has 0 aliphatic carbocycles. The molecule has 1 saturated heterocycles. The number of methoxy groups -OCH3 is 3. The van der Waals surface area contributed by atoms with Crippen LogP contribution in [-0.4, -0.2) is 39.7 Å².